The summed E-state index contributed by atoms with van der Waals surface area (Å²) in [4.78, 5) is 26.3. The van der Waals surface area contributed by atoms with Crippen molar-refractivity contribution >= 4 is 17.6 Å². The average molecular weight is 465 g/mol. The van der Waals surface area contributed by atoms with E-state index >= 15 is 0 Å². The fourth-order valence-electron chi connectivity index (χ4n) is 4.16. The van der Waals surface area contributed by atoms with Crippen LogP contribution in [0, 0.1) is 11.2 Å². The Kier molecular flexibility index (Phi) is 6.03. The van der Waals surface area contributed by atoms with E-state index < -0.39 is 11.4 Å². The Balaban J connectivity index is 1.45. The molecule has 0 unspecified atom stereocenters. The average Bonchev–Trinajstić information content (AvgIpc) is 3.20. The van der Waals surface area contributed by atoms with Crippen molar-refractivity contribution in [1.29, 1.82) is 0 Å². The normalized spacial score (nSPS) is 15.6. The topological polar surface area (TPSA) is 87.5 Å². The molecule has 0 radical (unpaired) electrons. The summed E-state index contributed by atoms with van der Waals surface area (Å²) in [6, 6.07) is 15.3. The lowest BCUT2D eigenvalue weighted by Crippen LogP contribution is -2.58. The Bertz CT molecular complexity index is 1200. The van der Waals surface area contributed by atoms with Crippen LogP contribution in [0.4, 0.5) is 10.1 Å². The zero-order valence-electron chi connectivity index (χ0n) is 19.8. The molecule has 178 valence electrons. The number of aliphatic carboxylic acids is 1. The summed E-state index contributed by atoms with van der Waals surface area (Å²) in [7, 11) is 0. The summed E-state index contributed by atoms with van der Waals surface area (Å²) in [5.74, 6) is -1.42. The van der Waals surface area contributed by atoms with E-state index in [2.05, 4.69) is 15.3 Å². The van der Waals surface area contributed by atoms with Gasteiger partial charge in [0.15, 0.2) is 5.69 Å². The minimum absolute atomic E-state index is 0.270. The van der Waals surface area contributed by atoms with Crippen molar-refractivity contribution in [3.8, 4) is 11.3 Å². The molecule has 8 heteroatoms. The number of rotatable bonds is 6. The van der Waals surface area contributed by atoms with E-state index in [1.165, 1.54) is 12.1 Å². The first kappa shape index (κ1) is 23.6. The zero-order chi connectivity index (χ0) is 24.7. The van der Waals surface area contributed by atoms with Gasteiger partial charge < -0.3 is 10.4 Å². The van der Waals surface area contributed by atoms with Gasteiger partial charge in [0, 0.05) is 30.9 Å². The summed E-state index contributed by atoms with van der Waals surface area (Å²) < 4.78 is 15.2. The first-order valence-electron chi connectivity index (χ1n) is 11.2. The quantitative estimate of drug-likeness (QED) is 0.557. The van der Waals surface area contributed by atoms with Crippen molar-refractivity contribution in [3.63, 3.8) is 0 Å². The lowest BCUT2D eigenvalue weighted by atomic mass is 9.82. The summed E-state index contributed by atoms with van der Waals surface area (Å²) >= 11 is 0. The second-order valence-corrected chi connectivity index (χ2v) is 10.2. The van der Waals surface area contributed by atoms with Crippen molar-refractivity contribution in [2.24, 2.45) is 5.41 Å². The van der Waals surface area contributed by atoms with Gasteiger partial charge in [0.25, 0.3) is 5.91 Å². The van der Waals surface area contributed by atoms with Crippen LogP contribution in [-0.4, -0.2) is 44.8 Å². The largest absolute Gasteiger partial charge is 0.481 e. The van der Waals surface area contributed by atoms with Crippen LogP contribution >= 0.6 is 0 Å². The zero-order valence-corrected chi connectivity index (χ0v) is 19.8. The second-order valence-electron chi connectivity index (χ2n) is 10.2. The highest BCUT2D eigenvalue weighted by atomic mass is 19.1. The van der Waals surface area contributed by atoms with Crippen molar-refractivity contribution in [2.75, 3.05) is 18.4 Å². The number of benzene rings is 2. The van der Waals surface area contributed by atoms with Gasteiger partial charge in [-0.2, -0.15) is 5.10 Å². The number of nitrogens with zero attached hydrogens (tertiary/aromatic N) is 3. The maximum absolute atomic E-state index is 13.4. The number of hydrogen-bond acceptors (Lipinski definition) is 4. The van der Waals surface area contributed by atoms with Crippen molar-refractivity contribution in [3.05, 3.63) is 71.7 Å². The van der Waals surface area contributed by atoms with E-state index in [-0.39, 0.29) is 23.0 Å². The number of halogens is 1. The summed E-state index contributed by atoms with van der Waals surface area (Å²) in [6.45, 7) is 9.43. The highest BCUT2D eigenvalue weighted by Gasteiger charge is 2.44. The molecular weight excluding hydrogens is 435 g/mol. The molecule has 1 amide bonds. The molecule has 0 saturated carbocycles. The van der Waals surface area contributed by atoms with E-state index in [1.54, 1.807) is 29.8 Å². The van der Waals surface area contributed by atoms with Gasteiger partial charge in [0.05, 0.1) is 16.6 Å². The SMILES string of the molecule is CC1(C(=O)O)CN(Cc2ccc(NC(=O)c3cc(-c4ccc(F)cc4)n(C(C)(C)C)n3)cc2)C1. The third-order valence-electron chi connectivity index (χ3n) is 6.00. The minimum Gasteiger partial charge on any atom is -0.481 e. The van der Waals surface area contributed by atoms with Crippen LogP contribution in [0.25, 0.3) is 11.3 Å². The van der Waals surface area contributed by atoms with E-state index in [0.717, 1.165) is 16.8 Å². The summed E-state index contributed by atoms with van der Waals surface area (Å²) in [6.07, 6.45) is 0. The lowest BCUT2D eigenvalue weighted by molar-refractivity contribution is -0.158. The van der Waals surface area contributed by atoms with Crippen LogP contribution in [0.15, 0.2) is 54.6 Å². The molecule has 2 aromatic carbocycles. The predicted molar refractivity (Wildman–Crippen MR) is 128 cm³/mol. The van der Waals surface area contributed by atoms with Gasteiger partial charge in [-0.25, -0.2) is 4.39 Å². The van der Waals surface area contributed by atoms with Gasteiger partial charge in [-0.3, -0.25) is 19.2 Å². The number of hydrogen-bond donors (Lipinski definition) is 2. The van der Waals surface area contributed by atoms with Crippen molar-refractivity contribution in [1.82, 2.24) is 14.7 Å². The van der Waals surface area contributed by atoms with E-state index in [1.807, 2.05) is 45.0 Å². The van der Waals surface area contributed by atoms with Crippen LogP contribution in [0.5, 0.6) is 0 Å². The third kappa shape index (κ3) is 4.87. The Morgan fingerprint density at radius 1 is 1.09 bits per heavy atom. The lowest BCUT2D eigenvalue weighted by Gasteiger charge is -2.45. The molecule has 1 fully saturated rings. The van der Waals surface area contributed by atoms with Gasteiger partial charge in [-0.1, -0.05) is 12.1 Å². The number of nitrogens with one attached hydrogen (secondary N) is 1. The molecule has 7 nitrogen and oxygen atoms in total. The maximum Gasteiger partial charge on any atom is 0.311 e. The van der Waals surface area contributed by atoms with E-state index in [0.29, 0.717) is 25.3 Å². The highest BCUT2D eigenvalue weighted by molar-refractivity contribution is 6.03. The fourth-order valence-corrected chi connectivity index (χ4v) is 4.16. The van der Waals surface area contributed by atoms with E-state index in [9.17, 15) is 19.1 Å². The maximum atomic E-state index is 13.4. The molecule has 34 heavy (non-hydrogen) atoms. The second kappa shape index (κ2) is 8.68. The van der Waals surface area contributed by atoms with Crippen LogP contribution in [0.3, 0.4) is 0 Å². The molecule has 4 rings (SSSR count). The molecule has 1 aromatic heterocycles. The number of amides is 1. The van der Waals surface area contributed by atoms with E-state index in [4.69, 9.17) is 0 Å². The van der Waals surface area contributed by atoms with Crippen LogP contribution in [0.1, 0.15) is 43.7 Å². The summed E-state index contributed by atoms with van der Waals surface area (Å²) in [5.41, 5.74) is 2.41. The standard InChI is InChI=1S/C26H29FN4O3/c1-25(2,3)31-22(18-7-9-19(27)10-8-18)13-21(29-31)23(32)28-20-11-5-17(6-12-20)14-30-15-26(4,16-30)24(33)34/h5-13H,14-16H2,1-4H3,(H,28,32)(H,33,34). The number of carboxylic acids is 1. The molecule has 1 aliphatic rings. The molecule has 2 heterocycles. The molecule has 0 bridgehead atoms. The number of carbonyl (C=O) groups excluding carboxylic acids is 1. The van der Waals surface area contributed by atoms with Crippen LogP contribution in [0.2, 0.25) is 0 Å². The number of aromatic nitrogens is 2. The monoisotopic (exact) mass is 464 g/mol. The van der Waals surface area contributed by atoms with Crippen molar-refractivity contribution < 1.29 is 19.1 Å². The molecule has 3 aromatic rings. The molecule has 0 spiro atoms. The minimum atomic E-state index is -0.765. The Morgan fingerprint density at radius 2 is 1.71 bits per heavy atom. The van der Waals surface area contributed by atoms with Crippen LogP contribution in [-0.2, 0) is 16.9 Å². The van der Waals surface area contributed by atoms with Gasteiger partial charge in [-0.05, 0) is 75.7 Å². The third-order valence-corrected chi connectivity index (χ3v) is 6.00. The number of carboxylic acid groups (broad SMARTS) is 1. The smallest absolute Gasteiger partial charge is 0.311 e. The number of likely N-dealkylation sites (tertiary alicyclic amines) is 1. The van der Waals surface area contributed by atoms with Crippen molar-refractivity contribution in [2.45, 2.75) is 39.8 Å². The Hall–Kier alpha value is -3.52. The molecular formula is C26H29FN4O3. The first-order valence-corrected chi connectivity index (χ1v) is 11.2. The fraction of sp³-hybridized carbons (Fsp3) is 0.346. The highest BCUT2D eigenvalue weighted by Crippen LogP contribution is 2.31. The molecule has 1 aliphatic heterocycles. The van der Waals surface area contributed by atoms with Gasteiger partial charge >= 0.3 is 5.97 Å². The molecule has 0 atom stereocenters. The predicted octanol–water partition coefficient (Wildman–Crippen LogP) is 4.60. The molecule has 0 aliphatic carbocycles. The Morgan fingerprint density at radius 3 is 2.26 bits per heavy atom. The van der Waals surface area contributed by atoms with Gasteiger partial charge in [-0.15, -0.1) is 0 Å². The first-order chi connectivity index (χ1) is 15.9. The Labute approximate surface area is 198 Å². The number of carbonyl (C=O) groups is 2. The van der Waals surface area contributed by atoms with Crippen LogP contribution < -0.4 is 5.32 Å². The number of anilines is 1. The van der Waals surface area contributed by atoms with Gasteiger partial charge in [0.2, 0.25) is 0 Å². The summed E-state index contributed by atoms with van der Waals surface area (Å²) in [5, 5.41) is 16.7. The molecule has 1 saturated heterocycles. The molecule has 2 N–H and O–H groups in total. The van der Waals surface area contributed by atoms with Gasteiger partial charge in [0.1, 0.15) is 5.82 Å².